The lowest BCUT2D eigenvalue weighted by Gasteiger charge is -2.30. The van der Waals surface area contributed by atoms with Crippen molar-refractivity contribution in [3.63, 3.8) is 0 Å². The standard InChI is InChI=1S/C31H30ClFN6/c32-28-18-36-31(38-26-7-5-25(6-8-26)35-17-21-10-12-34-13-11-21)16-27(28)23-4-9-29-30(15-23)39(20-37-29)19-22-2-1-3-24(33)14-22/h1-4,9-16,18,20,25-26,35H,5-8,17,19H2,(H,36,38)/t25-,26-. The number of pyridine rings is 2. The third-order valence-corrected chi connectivity index (χ3v) is 7.75. The average molecular weight is 541 g/mol. The van der Waals surface area contributed by atoms with Gasteiger partial charge in [-0.05, 0) is 84.8 Å². The highest BCUT2D eigenvalue weighted by molar-refractivity contribution is 6.33. The Morgan fingerprint density at radius 2 is 1.72 bits per heavy atom. The molecule has 39 heavy (non-hydrogen) atoms. The SMILES string of the molecule is Fc1cccc(Cn2cnc3ccc(-c4cc(N[C@H]5CC[C@H](NCc6ccncc6)CC5)ncc4Cl)cc32)c1. The van der Waals surface area contributed by atoms with Crippen molar-refractivity contribution in [1.29, 1.82) is 0 Å². The quantitative estimate of drug-likeness (QED) is 0.225. The number of nitrogens with one attached hydrogen (secondary N) is 2. The van der Waals surface area contributed by atoms with Crippen molar-refractivity contribution in [2.45, 2.75) is 50.9 Å². The normalized spacial score (nSPS) is 17.4. The van der Waals surface area contributed by atoms with Gasteiger partial charge in [-0.3, -0.25) is 4.98 Å². The van der Waals surface area contributed by atoms with Gasteiger partial charge in [0.1, 0.15) is 11.6 Å². The van der Waals surface area contributed by atoms with Crippen LogP contribution in [0, 0.1) is 5.82 Å². The summed E-state index contributed by atoms with van der Waals surface area (Å²) in [7, 11) is 0. The van der Waals surface area contributed by atoms with Crippen LogP contribution in [0.4, 0.5) is 10.2 Å². The van der Waals surface area contributed by atoms with Crippen LogP contribution in [0.1, 0.15) is 36.8 Å². The molecule has 0 saturated heterocycles. The minimum Gasteiger partial charge on any atom is -0.367 e. The molecule has 0 amide bonds. The van der Waals surface area contributed by atoms with Crippen molar-refractivity contribution in [2.75, 3.05) is 5.32 Å². The molecular weight excluding hydrogens is 511 g/mol. The van der Waals surface area contributed by atoms with E-state index in [9.17, 15) is 4.39 Å². The molecule has 198 valence electrons. The molecule has 1 aliphatic rings. The Labute approximate surface area is 232 Å². The average Bonchev–Trinajstić information content (AvgIpc) is 3.36. The number of fused-ring (bicyclic) bond motifs is 1. The first-order valence-electron chi connectivity index (χ1n) is 13.3. The second-order valence-electron chi connectivity index (χ2n) is 10.2. The van der Waals surface area contributed by atoms with Gasteiger partial charge in [-0.1, -0.05) is 29.8 Å². The van der Waals surface area contributed by atoms with E-state index in [0.29, 0.717) is 23.7 Å². The number of halogens is 2. The molecule has 0 bridgehead atoms. The molecule has 1 fully saturated rings. The van der Waals surface area contributed by atoms with Gasteiger partial charge in [0.15, 0.2) is 0 Å². The largest absolute Gasteiger partial charge is 0.367 e. The Bertz CT molecular complexity index is 1560. The number of hydrogen-bond donors (Lipinski definition) is 2. The second kappa shape index (κ2) is 11.5. The highest BCUT2D eigenvalue weighted by Gasteiger charge is 2.21. The molecule has 1 saturated carbocycles. The lowest BCUT2D eigenvalue weighted by molar-refractivity contribution is 0.352. The smallest absolute Gasteiger partial charge is 0.126 e. The molecule has 0 radical (unpaired) electrons. The van der Waals surface area contributed by atoms with E-state index in [2.05, 4.69) is 43.8 Å². The summed E-state index contributed by atoms with van der Waals surface area (Å²) in [6.45, 7) is 1.41. The van der Waals surface area contributed by atoms with Gasteiger partial charge in [0, 0.05) is 49.3 Å². The minimum atomic E-state index is -0.240. The Morgan fingerprint density at radius 1 is 0.897 bits per heavy atom. The summed E-state index contributed by atoms with van der Waals surface area (Å²) >= 11 is 6.62. The fourth-order valence-corrected chi connectivity index (χ4v) is 5.55. The van der Waals surface area contributed by atoms with Crippen LogP contribution in [0.2, 0.25) is 5.02 Å². The molecule has 6 rings (SSSR count). The van der Waals surface area contributed by atoms with Crippen molar-refractivity contribution in [2.24, 2.45) is 0 Å². The number of hydrogen-bond acceptors (Lipinski definition) is 5. The molecule has 0 spiro atoms. The molecule has 8 heteroatoms. The highest BCUT2D eigenvalue weighted by Crippen LogP contribution is 2.32. The highest BCUT2D eigenvalue weighted by atomic mass is 35.5. The van der Waals surface area contributed by atoms with Gasteiger partial charge < -0.3 is 15.2 Å². The lowest BCUT2D eigenvalue weighted by Crippen LogP contribution is -2.36. The molecule has 3 aromatic heterocycles. The Morgan fingerprint density at radius 3 is 2.54 bits per heavy atom. The lowest BCUT2D eigenvalue weighted by atomic mass is 9.91. The van der Waals surface area contributed by atoms with E-state index in [1.165, 1.54) is 11.6 Å². The zero-order valence-electron chi connectivity index (χ0n) is 21.5. The zero-order chi connectivity index (χ0) is 26.6. The molecule has 5 aromatic rings. The van der Waals surface area contributed by atoms with E-state index in [4.69, 9.17) is 11.6 Å². The van der Waals surface area contributed by atoms with E-state index in [1.54, 1.807) is 24.7 Å². The van der Waals surface area contributed by atoms with E-state index in [1.807, 2.05) is 41.2 Å². The molecule has 0 atom stereocenters. The molecule has 2 N–H and O–H groups in total. The van der Waals surface area contributed by atoms with Crippen LogP contribution in [0.3, 0.4) is 0 Å². The molecule has 0 unspecified atom stereocenters. The number of anilines is 1. The Kier molecular flexibility index (Phi) is 7.52. The molecule has 0 aliphatic heterocycles. The van der Waals surface area contributed by atoms with Gasteiger partial charge in [0.25, 0.3) is 0 Å². The van der Waals surface area contributed by atoms with Gasteiger partial charge in [-0.15, -0.1) is 0 Å². The van der Waals surface area contributed by atoms with E-state index in [-0.39, 0.29) is 5.82 Å². The molecule has 1 aliphatic carbocycles. The summed E-state index contributed by atoms with van der Waals surface area (Å²) < 4.78 is 15.7. The molecule has 3 heterocycles. The van der Waals surface area contributed by atoms with Crippen molar-refractivity contribution in [3.05, 3.63) is 108 Å². The summed E-state index contributed by atoms with van der Waals surface area (Å²) in [5, 5.41) is 7.91. The number of imidazole rings is 1. The van der Waals surface area contributed by atoms with Crippen molar-refractivity contribution >= 4 is 28.5 Å². The second-order valence-corrected chi connectivity index (χ2v) is 10.6. The number of rotatable bonds is 8. The van der Waals surface area contributed by atoms with Crippen LogP contribution in [-0.4, -0.2) is 31.6 Å². The van der Waals surface area contributed by atoms with Crippen LogP contribution in [0.15, 0.2) is 85.6 Å². The molecule has 6 nitrogen and oxygen atoms in total. The number of nitrogens with zero attached hydrogens (tertiary/aromatic N) is 4. The third kappa shape index (κ3) is 6.10. The predicted octanol–water partition coefficient (Wildman–Crippen LogP) is 6.85. The van der Waals surface area contributed by atoms with Crippen LogP contribution >= 0.6 is 11.6 Å². The van der Waals surface area contributed by atoms with Crippen LogP contribution in [0.25, 0.3) is 22.2 Å². The van der Waals surface area contributed by atoms with Crippen LogP contribution in [-0.2, 0) is 13.1 Å². The van der Waals surface area contributed by atoms with E-state index < -0.39 is 0 Å². The number of aromatic nitrogens is 4. The topological polar surface area (TPSA) is 67.7 Å². The summed E-state index contributed by atoms with van der Waals surface area (Å²) in [6.07, 6.45) is 11.6. The monoisotopic (exact) mass is 540 g/mol. The first-order valence-corrected chi connectivity index (χ1v) is 13.7. The molecule has 2 aromatic carbocycles. The third-order valence-electron chi connectivity index (χ3n) is 7.45. The predicted molar refractivity (Wildman–Crippen MR) is 154 cm³/mol. The van der Waals surface area contributed by atoms with E-state index in [0.717, 1.165) is 65.8 Å². The van der Waals surface area contributed by atoms with Crippen molar-refractivity contribution in [1.82, 2.24) is 24.8 Å². The van der Waals surface area contributed by atoms with Gasteiger partial charge in [0.05, 0.1) is 22.4 Å². The first-order chi connectivity index (χ1) is 19.1. The Hall–Kier alpha value is -3.81. The summed E-state index contributed by atoms with van der Waals surface area (Å²) in [5.74, 6) is 0.590. The summed E-state index contributed by atoms with van der Waals surface area (Å²) in [4.78, 5) is 13.2. The molecular formula is C31H30ClFN6. The maximum atomic E-state index is 13.7. The summed E-state index contributed by atoms with van der Waals surface area (Å²) in [6, 6.07) is 19.8. The Balaban J connectivity index is 1.13. The van der Waals surface area contributed by atoms with Gasteiger partial charge >= 0.3 is 0 Å². The first kappa shape index (κ1) is 25.5. The maximum absolute atomic E-state index is 13.7. The summed E-state index contributed by atoms with van der Waals surface area (Å²) in [5.41, 5.74) is 5.91. The van der Waals surface area contributed by atoms with Crippen LogP contribution < -0.4 is 10.6 Å². The maximum Gasteiger partial charge on any atom is 0.126 e. The van der Waals surface area contributed by atoms with Crippen LogP contribution in [0.5, 0.6) is 0 Å². The van der Waals surface area contributed by atoms with Gasteiger partial charge in [0.2, 0.25) is 0 Å². The van der Waals surface area contributed by atoms with Crippen molar-refractivity contribution < 1.29 is 4.39 Å². The fourth-order valence-electron chi connectivity index (χ4n) is 5.33. The minimum absolute atomic E-state index is 0.240. The number of benzene rings is 2. The van der Waals surface area contributed by atoms with Crippen molar-refractivity contribution in [3.8, 4) is 11.1 Å². The van der Waals surface area contributed by atoms with Gasteiger partial charge in [-0.25, -0.2) is 14.4 Å². The fraction of sp³-hybridized carbons (Fsp3) is 0.258. The van der Waals surface area contributed by atoms with Gasteiger partial charge in [-0.2, -0.15) is 0 Å². The van der Waals surface area contributed by atoms with E-state index >= 15 is 0 Å². The zero-order valence-corrected chi connectivity index (χ0v) is 22.3.